The molecule has 1 aromatic rings. The molecule has 0 spiro atoms. The lowest BCUT2D eigenvalue weighted by Crippen LogP contribution is -2.33. The van der Waals surface area contributed by atoms with E-state index in [0.29, 0.717) is 5.82 Å². The van der Waals surface area contributed by atoms with Gasteiger partial charge in [-0.1, -0.05) is 0 Å². The third-order valence-corrected chi connectivity index (χ3v) is 2.05. The standard InChI is InChI=1S/C8H11N5O2/c14-7(11-6-3-10-13-12-6)4-9-8(15)5-1-2-5/h3,5H,1-2,4H2,(H,9,15)(H2,10,11,12,13,14). The molecule has 7 nitrogen and oxygen atoms in total. The predicted molar refractivity (Wildman–Crippen MR) is 50.7 cm³/mol. The van der Waals surface area contributed by atoms with Crippen molar-refractivity contribution in [1.82, 2.24) is 20.7 Å². The van der Waals surface area contributed by atoms with Crippen LogP contribution in [-0.2, 0) is 9.59 Å². The number of aromatic amines is 1. The van der Waals surface area contributed by atoms with Crippen molar-refractivity contribution in [2.24, 2.45) is 5.92 Å². The minimum Gasteiger partial charge on any atom is -0.347 e. The van der Waals surface area contributed by atoms with E-state index in [1.165, 1.54) is 6.20 Å². The maximum absolute atomic E-state index is 11.3. The zero-order valence-electron chi connectivity index (χ0n) is 7.99. The third-order valence-electron chi connectivity index (χ3n) is 2.05. The second-order valence-electron chi connectivity index (χ2n) is 3.40. The zero-order valence-corrected chi connectivity index (χ0v) is 7.99. The first-order valence-corrected chi connectivity index (χ1v) is 4.69. The van der Waals surface area contributed by atoms with Gasteiger partial charge in [-0.05, 0) is 12.8 Å². The van der Waals surface area contributed by atoms with Crippen LogP contribution < -0.4 is 10.6 Å². The molecule has 1 heterocycles. The largest absolute Gasteiger partial charge is 0.347 e. The summed E-state index contributed by atoms with van der Waals surface area (Å²) in [5.41, 5.74) is 0. The molecule has 0 aromatic carbocycles. The second kappa shape index (κ2) is 4.07. The van der Waals surface area contributed by atoms with E-state index < -0.39 is 0 Å². The Balaban J connectivity index is 1.70. The molecule has 80 valence electrons. The molecule has 3 N–H and O–H groups in total. The van der Waals surface area contributed by atoms with Gasteiger partial charge < -0.3 is 10.6 Å². The molecule has 15 heavy (non-hydrogen) atoms. The van der Waals surface area contributed by atoms with E-state index >= 15 is 0 Å². The first kappa shape index (κ1) is 9.63. The fourth-order valence-electron chi connectivity index (χ4n) is 1.11. The summed E-state index contributed by atoms with van der Waals surface area (Å²) in [5.74, 6) is 0.105. The molecule has 0 saturated heterocycles. The van der Waals surface area contributed by atoms with Gasteiger partial charge in [-0.3, -0.25) is 9.59 Å². The van der Waals surface area contributed by atoms with Crippen molar-refractivity contribution in [3.63, 3.8) is 0 Å². The molecule has 1 fully saturated rings. The number of nitrogens with zero attached hydrogens (tertiary/aromatic N) is 2. The fourth-order valence-corrected chi connectivity index (χ4v) is 1.11. The van der Waals surface area contributed by atoms with Crippen molar-refractivity contribution in [3.8, 4) is 0 Å². The Morgan fingerprint density at radius 1 is 1.53 bits per heavy atom. The van der Waals surface area contributed by atoms with E-state index in [1.54, 1.807) is 0 Å². The van der Waals surface area contributed by atoms with Crippen LogP contribution in [0.5, 0.6) is 0 Å². The number of nitrogens with one attached hydrogen (secondary N) is 3. The van der Waals surface area contributed by atoms with Crippen molar-refractivity contribution in [3.05, 3.63) is 6.20 Å². The van der Waals surface area contributed by atoms with Crippen LogP contribution in [0.15, 0.2) is 6.20 Å². The molecule has 0 atom stereocenters. The van der Waals surface area contributed by atoms with Gasteiger partial charge in [-0.15, -0.1) is 5.10 Å². The summed E-state index contributed by atoms with van der Waals surface area (Å²) in [7, 11) is 0. The highest BCUT2D eigenvalue weighted by Crippen LogP contribution is 2.28. The van der Waals surface area contributed by atoms with Crippen molar-refractivity contribution in [1.29, 1.82) is 0 Å². The van der Waals surface area contributed by atoms with Gasteiger partial charge in [0, 0.05) is 5.92 Å². The van der Waals surface area contributed by atoms with Crippen LogP contribution in [0.2, 0.25) is 0 Å². The molecule has 0 radical (unpaired) electrons. The van der Waals surface area contributed by atoms with Gasteiger partial charge in [-0.25, -0.2) is 0 Å². The molecular formula is C8H11N5O2. The Bertz CT molecular complexity index is 357. The molecule has 0 unspecified atom stereocenters. The van der Waals surface area contributed by atoms with Crippen LogP contribution in [0, 0.1) is 5.92 Å². The first-order chi connectivity index (χ1) is 7.25. The summed E-state index contributed by atoms with van der Waals surface area (Å²) < 4.78 is 0. The molecule has 1 aliphatic rings. The average molecular weight is 209 g/mol. The maximum Gasteiger partial charge on any atom is 0.245 e. The summed E-state index contributed by atoms with van der Waals surface area (Å²) in [5, 5.41) is 14.6. The van der Waals surface area contributed by atoms with Crippen molar-refractivity contribution < 1.29 is 9.59 Å². The number of hydrogen-bond donors (Lipinski definition) is 3. The highest BCUT2D eigenvalue weighted by molar-refractivity contribution is 5.94. The lowest BCUT2D eigenvalue weighted by molar-refractivity contribution is -0.125. The Hall–Kier alpha value is -1.92. The van der Waals surface area contributed by atoms with Crippen LogP contribution in [0.4, 0.5) is 5.82 Å². The lowest BCUT2D eigenvalue weighted by Gasteiger charge is -2.03. The van der Waals surface area contributed by atoms with Gasteiger partial charge in [0.05, 0.1) is 12.7 Å². The van der Waals surface area contributed by atoms with Gasteiger partial charge in [0.15, 0.2) is 5.82 Å². The molecule has 7 heteroatoms. The Kier molecular flexibility index (Phi) is 2.61. The number of carbonyl (C=O) groups excluding carboxylic acids is 2. The van der Waals surface area contributed by atoms with Gasteiger partial charge in [0.2, 0.25) is 11.8 Å². The quantitative estimate of drug-likeness (QED) is 0.608. The van der Waals surface area contributed by atoms with Gasteiger partial charge in [-0.2, -0.15) is 10.3 Å². The van der Waals surface area contributed by atoms with Gasteiger partial charge in [0.25, 0.3) is 0 Å². The van der Waals surface area contributed by atoms with Gasteiger partial charge in [0.1, 0.15) is 0 Å². The summed E-state index contributed by atoms with van der Waals surface area (Å²) in [6.07, 6.45) is 3.24. The summed E-state index contributed by atoms with van der Waals surface area (Å²) in [6, 6.07) is 0. The minimum atomic E-state index is -0.307. The van der Waals surface area contributed by atoms with Crippen LogP contribution in [0.25, 0.3) is 0 Å². The smallest absolute Gasteiger partial charge is 0.245 e. The highest BCUT2D eigenvalue weighted by atomic mass is 16.2. The fraction of sp³-hybridized carbons (Fsp3) is 0.500. The van der Waals surface area contributed by atoms with E-state index in [-0.39, 0.29) is 24.3 Å². The molecule has 1 saturated carbocycles. The number of anilines is 1. The Morgan fingerprint density at radius 2 is 2.33 bits per heavy atom. The molecular weight excluding hydrogens is 198 g/mol. The van der Waals surface area contributed by atoms with Gasteiger partial charge >= 0.3 is 0 Å². The minimum absolute atomic E-state index is 0.0256. The SMILES string of the molecule is O=C(CNC(=O)C1CC1)Nc1cn[nH]n1. The molecule has 2 amide bonds. The normalized spacial score (nSPS) is 14.7. The number of H-pyrrole nitrogens is 1. The molecule has 0 aliphatic heterocycles. The number of amides is 2. The summed E-state index contributed by atoms with van der Waals surface area (Å²) >= 11 is 0. The van der Waals surface area contributed by atoms with E-state index in [2.05, 4.69) is 26.0 Å². The highest BCUT2D eigenvalue weighted by Gasteiger charge is 2.29. The van der Waals surface area contributed by atoms with E-state index in [1.807, 2.05) is 0 Å². The van der Waals surface area contributed by atoms with Crippen LogP contribution in [0.3, 0.4) is 0 Å². The Labute approximate surface area is 85.6 Å². The van der Waals surface area contributed by atoms with Crippen LogP contribution >= 0.6 is 0 Å². The van der Waals surface area contributed by atoms with Crippen LogP contribution in [0.1, 0.15) is 12.8 Å². The zero-order chi connectivity index (χ0) is 10.7. The Morgan fingerprint density at radius 3 is 2.93 bits per heavy atom. The molecule has 2 rings (SSSR count). The van der Waals surface area contributed by atoms with Crippen molar-refractivity contribution in [2.45, 2.75) is 12.8 Å². The number of aromatic nitrogens is 3. The maximum atomic E-state index is 11.3. The van der Waals surface area contributed by atoms with E-state index in [9.17, 15) is 9.59 Å². The molecule has 0 bridgehead atoms. The molecule has 1 aromatic heterocycles. The topological polar surface area (TPSA) is 99.8 Å². The number of hydrogen-bond acceptors (Lipinski definition) is 4. The lowest BCUT2D eigenvalue weighted by atomic mass is 10.4. The number of rotatable bonds is 4. The van der Waals surface area contributed by atoms with Crippen molar-refractivity contribution >= 4 is 17.6 Å². The monoisotopic (exact) mass is 209 g/mol. The average Bonchev–Trinajstić information content (AvgIpc) is 2.95. The number of carbonyl (C=O) groups is 2. The second-order valence-corrected chi connectivity index (χ2v) is 3.40. The van der Waals surface area contributed by atoms with E-state index in [0.717, 1.165) is 12.8 Å². The van der Waals surface area contributed by atoms with Crippen molar-refractivity contribution in [2.75, 3.05) is 11.9 Å². The summed E-state index contributed by atoms with van der Waals surface area (Å²) in [4.78, 5) is 22.4. The van der Waals surface area contributed by atoms with E-state index in [4.69, 9.17) is 0 Å². The summed E-state index contributed by atoms with van der Waals surface area (Å²) in [6.45, 7) is -0.0256. The predicted octanol–water partition coefficient (Wildman–Crippen LogP) is -0.731. The third kappa shape index (κ3) is 2.76. The molecule has 1 aliphatic carbocycles. The first-order valence-electron chi connectivity index (χ1n) is 4.69. The van der Waals surface area contributed by atoms with Crippen LogP contribution in [-0.4, -0.2) is 33.8 Å².